The largest absolute Gasteiger partial charge is 0.496 e. The van der Waals surface area contributed by atoms with Crippen molar-refractivity contribution in [3.8, 4) is 5.75 Å². The molecule has 0 aromatic heterocycles. The maximum absolute atomic E-state index is 10.0. The molecule has 1 aliphatic rings. The quantitative estimate of drug-likeness (QED) is 0.894. The van der Waals surface area contributed by atoms with Crippen LogP contribution in [-0.4, -0.2) is 25.3 Å². The Hall–Kier alpha value is -1.22. The Morgan fingerprint density at radius 1 is 1.44 bits per heavy atom. The van der Waals surface area contributed by atoms with Crippen LogP contribution in [0.5, 0.6) is 5.75 Å². The molecule has 2 rings (SSSR count). The van der Waals surface area contributed by atoms with Crippen molar-refractivity contribution in [1.29, 1.82) is 0 Å². The topological polar surface area (TPSA) is 32.7 Å². The molecule has 1 N–H and O–H groups in total. The first kappa shape index (κ1) is 13.2. The van der Waals surface area contributed by atoms with Gasteiger partial charge in [-0.05, 0) is 37.8 Å². The van der Waals surface area contributed by atoms with Crippen molar-refractivity contribution in [2.75, 3.05) is 25.1 Å². The Kier molecular flexibility index (Phi) is 4.12. The number of ether oxygens (including phenoxy) is 1. The van der Waals surface area contributed by atoms with E-state index in [-0.39, 0.29) is 0 Å². The molecule has 1 fully saturated rings. The maximum atomic E-state index is 10.0. The molecule has 0 bridgehead atoms. The number of piperidine rings is 1. The molecule has 0 saturated carbocycles. The average molecular weight is 249 g/mol. The lowest BCUT2D eigenvalue weighted by Crippen LogP contribution is -2.35. The van der Waals surface area contributed by atoms with Gasteiger partial charge in [-0.2, -0.15) is 0 Å². The standard InChI is InChI=1S/C15H23NO2/c1-11-6-5-9-16(10-11)13-7-4-8-14(18-3)15(13)12(2)17/h4,7-8,11-12,17H,5-6,9-10H2,1-3H3/t11?,12-/m1/s1. The second-order valence-corrected chi connectivity index (χ2v) is 5.26. The molecule has 1 aromatic carbocycles. The summed E-state index contributed by atoms with van der Waals surface area (Å²) in [5.74, 6) is 1.49. The molecule has 1 saturated heterocycles. The number of anilines is 1. The summed E-state index contributed by atoms with van der Waals surface area (Å²) in [5.41, 5.74) is 2.03. The third-order valence-corrected chi connectivity index (χ3v) is 3.68. The molecule has 0 amide bonds. The first-order valence-corrected chi connectivity index (χ1v) is 6.73. The molecule has 100 valence electrons. The van der Waals surface area contributed by atoms with Gasteiger partial charge in [0.2, 0.25) is 0 Å². The van der Waals surface area contributed by atoms with Gasteiger partial charge in [-0.3, -0.25) is 0 Å². The van der Waals surface area contributed by atoms with Gasteiger partial charge >= 0.3 is 0 Å². The van der Waals surface area contributed by atoms with Crippen LogP contribution in [0.1, 0.15) is 38.4 Å². The zero-order chi connectivity index (χ0) is 13.1. The third-order valence-electron chi connectivity index (χ3n) is 3.68. The normalized spacial score (nSPS) is 21.8. The Balaban J connectivity index is 2.36. The van der Waals surface area contributed by atoms with Crippen molar-refractivity contribution >= 4 is 5.69 Å². The van der Waals surface area contributed by atoms with E-state index in [1.165, 1.54) is 12.8 Å². The minimum Gasteiger partial charge on any atom is -0.496 e. The highest BCUT2D eigenvalue weighted by atomic mass is 16.5. The van der Waals surface area contributed by atoms with Crippen LogP contribution < -0.4 is 9.64 Å². The predicted molar refractivity (Wildman–Crippen MR) is 74.2 cm³/mol. The van der Waals surface area contributed by atoms with E-state index in [2.05, 4.69) is 17.9 Å². The van der Waals surface area contributed by atoms with E-state index in [1.807, 2.05) is 12.1 Å². The summed E-state index contributed by atoms with van der Waals surface area (Å²) in [6, 6.07) is 6.00. The van der Waals surface area contributed by atoms with Gasteiger partial charge in [0.1, 0.15) is 5.75 Å². The van der Waals surface area contributed by atoms with Crippen molar-refractivity contribution in [2.45, 2.75) is 32.8 Å². The minimum absolute atomic E-state index is 0.506. The fourth-order valence-electron chi connectivity index (χ4n) is 2.81. The van der Waals surface area contributed by atoms with E-state index in [1.54, 1.807) is 14.0 Å². The lowest BCUT2D eigenvalue weighted by molar-refractivity contribution is 0.194. The first-order chi connectivity index (χ1) is 8.63. The monoisotopic (exact) mass is 249 g/mol. The second kappa shape index (κ2) is 5.61. The molecule has 2 atom stereocenters. The Labute approximate surface area is 109 Å². The molecule has 3 heteroatoms. The fourth-order valence-corrected chi connectivity index (χ4v) is 2.81. The zero-order valence-corrected chi connectivity index (χ0v) is 11.5. The van der Waals surface area contributed by atoms with Crippen LogP contribution in [-0.2, 0) is 0 Å². The van der Waals surface area contributed by atoms with Crippen LogP contribution >= 0.6 is 0 Å². The number of rotatable bonds is 3. The van der Waals surface area contributed by atoms with Crippen LogP contribution in [0.15, 0.2) is 18.2 Å². The Morgan fingerprint density at radius 3 is 2.83 bits per heavy atom. The lowest BCUT2D eigenvalue weighted by Gasteiger charge is -2.35. The number of methoxy groups -OCH3 is 1. The molecule has 1 aromatic rings. The van der Waals surface area contributed by atoms with Gasteiger partial charge in [0.15, 0.2) is 0 Å². The van der Waals surface area contributed by atoms with Crippen molar-refractivity contribution in [2.24, 2.45) is 5.92 Å². The summed E-state index contributed by atoms with van der Waals surface area (Å²) in [6.45, 7) is 6.22. The van der Waals surface area contributed by atoms with Gasteiger partial charge in [0, 0.05) is 24.3 Å². The van der Waals surface area contributed by atoms with Gasteiger partial charge in [-0.15, -0.1) is 0 Å². The lowest BCUT2D eigenvalue weighted by atomic mass is 9.97. The summed E-state index contributed by atoms with van der Waals surface area (Å²) in [4.78, 5) is 2.37. The fraction of sp³-hybridized carbons (Fsp3) is 0.600. The van der Waals surface area contributed by atoms with E-state index < -0.39 is 6.10 Å². The van der Waals surface area contributed by atoms with Gasteiger partial charge in [-0.1, -0.05) is 13.0 Å². The number of hydrogen-bond acceptors (Lipinski definition) is 3. The number of benzene rings is 1. The first-order valence-electron chi connectivity index (χ1n) is 6.73. The van der Waals surface area contributed by atoms with Crippen LogP contribution in [0, 0.1) is 5.92 Å². The number of nitrogens with zero attached hydrogens (tertiary/aromatic N) is 1. The third kappa shape index (κ3) is 2.61. The highest BCUT2D eigenvalue weighted by Gasteiger charge is 2.22. The van der Waals surface area contributed by atoms with Crippen LogP contribution in [0.4, 0.5) is 5.69 Å². The molecule has 1 aliphatic heterocycles. The second-order valence-electron chi connectivity index (χ2n) is 5.26. The van der Waals surface area contributed by atoms with E-state index >= 15 is 0 Å². The van der Waals surface area contributed by atoms with Crippen molar-refractivity contribution in [3.63, 3.8) is 0 Å². The van der Waals surface area contributed by atoms with Gasteiger partial charge in [0.25, 0.3) is 0 Å². The van der Waals surface area contributed by atoms with Crippen molar-refractivity contribution < 1.29 is 9.84 Å². The van der Waals surface area contributed by atoms with Gasteiger partial charge in [0.05, 0.1) is 13.2 Å². The van der Waals surface area contributed by atoms with Crippen molar-refractivity contribution in [1.82, 2.24) is 0 Å². The zero-order valence-electron chi connectivity index (χ0n) is 11.5. The molecular weight excluding hydrogens is 226 g/mol. The molecular formula is C15H23NO2. The summed E-state index contributed by atoms with van der Waals surface area (Å²) in [6.07, 6.45) is 2.01. The van der Waals surface area contributed by atoms with Crippen molar-refractivity contribution in [3.05, 3.63) is 23.8 Å². The SMILES string of the molecule is COc1cccc(N2CCCC(C)C2)c1[C@@H](C)O. The smallest absolute Gasteiger partial charge is 0.126 e. The molecule has 0 aliphatic carbocycles. The Bertz CT molecular complexity index is 403. The molecule has 3 nitrogen and oxygen atoms in total. The maximum Gasteiger partial charge on any atom is 0.126 e. The van der Waals surface area contributed by atoms with E-state index in [0.717, 1.165) is 30.1 Å². The average Bonchev–Trinajstić information content (AvgIpc) is 2.37. The summed E-state index contributed by atoms with van der Waals surface area (Å²) < 4.78 is 5.38. The molecule has 1 heterocycles. The van der Waals surface area contributed by atoms with E-state index in [4.69, 9.17) is 4.74 Å². The molecule has 0 radical (unpaired) electrons. The number of hydrogen-bond donors (Lipinski definition) is 1. The number of aliphatic hydroxyl groups excluding tert-OH is 1. The molecule has 1 unspecified atom stereocenters. The Morgan fingerprint density at radius 2 is 2.22 bits per heavy atom. The minimum atomic E-state index is -0.506. The summed E-state index contributed by atoms with van der Waals surface area (Å²) >= 11 is 0. The molecule has 18 heavy (non-hydrogen) atoms. The number of aliphatic hydroxyl groups is 1. The highest BCUT2D eigenvalue weighted by Crippen LogP contribution is 2.36. The van der Waals surface area contributed by atoms with Crippen LogP contribution in [0.3, 0.4) is 0 Å². The molecule has 0 spiro atoms. The highest BCUT2D eigenvalue weighted by molar-refractivity contribution is 5.60. The van der Waals surface area contributed by atoms with Crippen LogP contribution in [0.25, 0.3) is 0 Å². The summed E-state index contributed by atoms with van der Waals surface area (Å²) in [7, 11) is 1.66. The van der Waals surface area contributed by atoms with Crippen LogP contribution in [0.2, 0.25) is 0 Å². The van der Waals surface area contributed by atoms with E-state index in [0.29, 0.717) is 5.92 Å². The van der Waals surface area contributed by atoms with Gasteiger partial charge < -0.3 is 14.7 Å². The summed E-state index contributed by atoms with van der Waals surface area (Å²) in [5, 5.41) is 10.0. The predicted octanol–water partition coefficient (Wildman–Crippen LogP) is 2.98. The van der Waals surface area contributed by atoms with E-state index in [9.17, 15) is 5.11 Å². The van der Waals surface area contributed by atoms with Gasteiger partial charge in [-0.25, -0.2) is 0 Å².